The summed E-state index contributed by atoms with van der Waals surface area (Å²) in [5, 5.41) is 8.91. The van der Waals surface area contributed by atoms with Crippen molar-refractivity contribution in [1.29, 1.82) is 0 Å². The number of hydrogen-bond donors (Lipinski definition) is 1. The number of carboxylic acids is 1. The van der Waals surface area contributed by atoms with Crippen LogP contribution in [0.25, 0.3) is 0 Å². The zero-order valence-electron chi connectivity index (χ0n) is 9.90. The number of ether oxygens (including phenoxy) is 2. The average Bonchev–Trinajstić information content (AvgIpc) is 2.35. The molecule has 0 aromatic heterocycles. The largest absolute Gasteiger partial charge is 0.493 e. The second-order valence-corrected chi connectivity index (χ2v) is 4.18. The SMILES string of the molecule is COc1cccc2c1O[C@H](C(F)(F)F)[C@H](C(=O)O)C2. The van der Waals surface area contributed by atoms with Crippen LogP contribution < -0.4 is 9.47 Å². The summed E-state index contributed by atoms with van der Waals surface area (Å²) in [5.41, 5.74) is 0.396. The second kappa shape index (κ2) is 4.64. The van der Waals surface area contributed by atoms with E-state index in [9.17, 15) is 18.0 Å². The van der Waals surface area contributed by atoms with Crippen LogP contribution in [-0.4, -0.2) is 30.5 Å². The maximum atomic E-state index is 12.9. The van der Waals surface area contributed by atoms with Crippen LogP contribution in [0.2, 0.25) is 0 Å². The number of alkyl halides is 3. The van der Waals surface area contributed by atoms with Crippen LogP contribution in [-0.2, 0) is 11.2 Å². The van der Waals surface area contributed by atoms with Crippen molar-refractivity contribution in [3.63, 3.8) is 0 Å². The first-order valence-electron chi connectivity index (χ1n) is 5.46. The molecule has 1 aromatic carbocycles. The van der Waals surface area contributed by atoms with Gasteiger partial charge in [-0.3, -0.25) is 4.79 Å². The van der Waals surface area contributed by atoms with E-state index in [0.29, 0.717) is 5.56 Å². The van der Waals surface area contributed by atoms with Gasteiger partial charge in [0.1, 0.15) is 5.92 Å². The third kappa shape index (κ3) is 2.45. The van der Waals surface area contributed by atoms with Crippen LogP contribution in [0.3, 0.4) is 0 Å². The first kappa shape index (κ1) is 13.5. The van der Waals surface area contributed by atoms with Crippen molar-refractivity contribution < 1.29 is 32.5 Å². The van der Waals surface area contributed by atoms with Gasteiger partial charge in [-0.1, -0.05) is 12.1 Å². The Hall–Kier alpha value is -1.92. The van der Waals surface area contributed by atoms with Crippen molar-refractivity contribution in [1.82, 2.24) is 0 Å². The molecule has 1 aromatic rings. The van der Waals surface area contributed by atoms with Crippen LogP contribution in [0.15, 0.2) is 18.2 Å². The van der Waals surface area contributed by atoms with Crippen LogP contribution in [0, 0.1) is 5.92 Å². The smallest absolute Gasteiger partial charge is 0.426 e. The van der Waals surface area contributed by atoms with E-state index in [1.807, 2.05) is 0 Å². The van der Waals surface area contributed by atoms with Gasteiger partial charge in [-0.2, -0.15) is 13.2 Å². The third-order valence-corrected chi connectivity index (χ3v) is 2.97. The molecule has 1 heterocycles. The monoisotopic (exact) mass is 276 g/mol. The van der Waals surface area contributed by atoms with E-state index in [0.717, 1.165) is 0 Å². The summed E-state index contributed by atoms with van der Waals surface area (Å²) in [4.78, 5) is 11.0. The Balaban J connectivity index is 2.45. The molecule has 0 bridgehead atoms. The second-order valence-electron chi connectivity index (χ2n) is 4.18. The number of aliphatic carboxylic acids is 1. The van der Waals surface area contributed by atoms with Gasteiger partial charge in [0.15, 0.2) is 11.5 Å². The summed E-state index contributed by atoms with van der Waals surface area (Å²) >= 11 is 0. The first-order valence-corrected chi connectivity index (χ1v) is 5.46. The molecule has 0 aliphatic carbocycles. The molecule has 1 aliphatic heterocycles. The van der Waals surface area contributed by atoms with Gasteiger partial charge in [0, 0.05) is 0 Å². The minimum atomic E-state index is -4.75. The van der Waals surface area contributed by atoms with E-state index in [1.54, 1.807) is 6.07 Å². The number of rotatable bonds is 2. The van der Waals surface area contributed by atoms with E-state index in [-0.39, 0.29) is 17.9 Å². The van der Waals surface area contributed by atoms with Crippen molar-refractivity contribution in [2.75, 3.05) is 7.11 Å². The summed E-state index contributed by atoms with van der Waals surface area (Å²) in [5.74, 6) is -3.06. The quantitative estimate of drug-likeness (QED) is 0.900. The van der Waals surface area contributed by atoms with Gasteiger partial charge >= 0.3 is 12.1 Å². The standard InChI is InChI=1S/C12H11F3O4/c1-18-8-4-2-3-6-5-7(11(16)17)10(12(13,14)15)19-9(6)8/h2-4,7,10H,5H2,1H3,(H,16,17)/t7-,10+/m1/s1. The van der Waals surface area contributed by atoms with Gasteiger partial charge in [0.05, 0.1) is 7.11 Å². The van der Waals surface area contributed by atoms with E-state index < -0.39 is 24.2 Å². The zero-order chi connectivity index (χ0) is 14.2. The lowest BCUT2D eigenvalue weighted by molar-refractivity contribution is -0.217. The topological polar surface area (TPSA) is 55.8 Å². The van der Waals surface area contributed by atoms with Gasteiger partial charge in [-0.25, -0.2) is 0 Å². The molecule has 0 radical (unpaired) electrons. The maximum Gasteiger partial charge on any atom is 0.426 e. The lowest BCUT2D eigenvalue weighted by Gasteiger charge is -2.33. The summed E-state index contributed by atoms with van der Waals surface area (Å²) in [6.07, 6.45) is -7.36. The molecule has 2 rings (SSSR count). The number of carbonyl (C=O) groups is 1. The Morgan fingerprint density at radius 3 is 2.68 bits per heavy atom. The Kier molecular flexibility index (Phi) is 3.30. The van der Waals surface area contributed by atoms with Crippen LogP contribution in [0.1, 0.15) is 5.56 Å². The fourth-order valence-electron chi connectivity index (χ4n) is 2.08. The summed E-state index contributed by atoms with van der Waals surface area (Å²) in [7, 11) is 1.31. The number of halogens is 3. The molecule has 4 nitrogen and oxygen atoms in total. The summed E-state index contributed by atoms with van der Waals surface area (Å²) in [6.45, 7) is 0. The minimum Gasteiger partial charge on any atom is -0.493 e. The number of hydrogen-bond acceptors (Lipinski definition) is 3. The van der Waals surface area contributed by atoms with Gasteiger partial charge in [0.2, 0.25) is 6.10 Å². The molecule has 104 valence electrons. The maximum absolute atomic E-state index is 12.9. The highest BCUT2D eigenvalue weighted by Gasteiger charge is 2.52. The number of para-hydroxylation sites is 1. The molecule has 1 aliphatic rings. The van der Waals surface area contributed by atoms with Gasteiger partial charge < -0.3 is 14.6 Å². The molecule has 19 heavy (non-hydrogen) atoms. The van der Waals surface area contributed by atoms with Gasteiger partial charge in [-0.05, 0) is 18.1 Å². The van der Waals surface area contributed by atoms with E-state index in [2.05, 4.69) is 0 Å². The molecule has 0 amide bonds. The Bertz CT molecular complexity index is 498. The lowest BCUT2D eigenvalue weighted by Crippen LogP contribution is -2.47. The van der Waals surface area contributed by atoms with E-state index >= 15 is 0 Å². The molecular weight excluding hydrogens is 265 g/mol. The van der Waals surface area contributed by atoms with Crippen LogP contribution in [0.4, 0.5) is 13.2 Å². The molecule has 7 heteroatoms. The normalized spacial score (nSPS) is 22.3. The summed E-state index contributed by atoms with van der Waals surface area (Å²) in [6, 6.07) is 4.57. The number of fused-ring (bicyclic) bond motifs is 1. The van der Waals surface area contributed by atoms with Crippen molar-refractivity contribution in [2.45, 2.75) is 18.7 Å². The molecule has 0 spiro atoms. The van der Waals surface area contributed by atoms with Gasteiger partial charge in [-0.15, -0.1) is 0 Å². The van der Waals surface area contributed by atoms with E-state index in [1.165, 1.54) is 19.2 Å². The molecule has 1 N–H and O–H groups in total. The van der Waals surface area contributed by atoms with Crippen molar-refractivity contribution >= 4 is 5.97 Å². The Labute approximate surface area is 106 Å². The molecule has 0 unspecified atom stereocenters. The molecular formula is C12H11F3O4. The predicted octanol–water partition coefficient (Wildman–Crippen LogP) is 2.26. The third-order valence-electron chi connectivity index (χ3n) is 2.97. The number of carboxylic acid groups (broad SMARTS) is 1. The fourth-order valence-corrected chi connectivity index (χ4v) is 2.08. The molecule has 0 saturated heterocycles. The van der Waals surface area contributed by atoms with Crippen LogP contribution in [0.5, 0.6) is 11.5 Å². The average molecular weight is 276 g/mol. The fraction of sp³-hybridized carbons (Fsp3) is 0.417. The van der Waals surface area contributed by atoms with Crippen molar-refractivity contribution in [3.8, 4) is 11.5 Å². The highest BCUT2D eigenvalue weighted by molar-refractivity contribution is 5.72. The first-order chi connectivity index (χ1) is 8.84. The van der Waals surface area contributed by atoms with Crippen LogP contribution >= 0.6 is 0 Å². The molecule has 2 atom stereocenters. The molecule has 0 fully saturated rings. The lowest BCUT2D eigenvalue weighted by atomic mass is 9.90. The summed E-state index contributed by atoms with van der Waals surface area (Å²) < 4.78 is 48.3. The zero-order valence-corrected chi connectivity index (χ0v) is 9.90. The highest BCUT2D eigenvalue weighted by Crippen LogP contribution is 2.42. The van der Waals surface area contributed by atoms with Crippen molar-refractivity contribution in [2.24, 2.45) is 5.92 Å². The Morgan fingerprint density at radius 1 is 1.47 bits per heavy atom. The minimum absolute atomic E-state index is 0.0372. The molecule has 0 saturated carbocycles. The van der Waals surface area contributed by atoms with Crippen molar-refractivity contribution in [3.05, 3.63) is 23.8 Å². The number of methoxy groups -OCH3 is 1. The Morgan fingerprint density at radius 2 is 2.16 bits per heavy atom. The highest BCUT2D eigenvalue weighted by atomic mass is 19.4. The number of benzene rings is 1. The van der Waals surface area contributed by atoms with E-state index in [4.69, 9.17) is 14.6 Å². The predicted molar refractivity (Wildman–Crippen MR) is 58.3 cm³/mol. The van der Waals surface area contributed by atoms with Gasteiger partial charge in [0.25, 0.3) is 0 Å².